The Morgan fingerprint density at radius 3 is 2.54 bits per heavy atom. The van der Waals surface area contributed by atoms with Crippen LogP contribution in [0.25, 0.3) is 0 Å². The first-order valence-electron chi connectivity index (χ1n) is 8.27. The minimum Gasteiger partial charge on any atom is -0.357 e. The van der Waals surface area contributed by atoms with Gasteiger partial charge in [0.25, 0.3) is 0 Å². The molecule has 2 heterocycles. The van der Waals surface area contributed by atoms with Crippen molar-refractivity contribution in [2.75, 3.05) is 13.1 Å². The summed E-state index contributed by atoms with van der Waals surface area (Å²) >= 11 is 2.64. The number of alkyl halides is 3. The lowest BCUT2D eigenvalue weighted by atomic mass is 10.2. The first kappa shape index (κ1) is 20.6. The van der Waals surface area contributed by atoms with Crippen molar-refractivity contribution < 1.29 is 13.2 Å². The van der Waals surface area contributed by atoms with E-state index in [-0.39, 0.29) is 0 Å². The van der Waals surface area contributed by atoms with E-state index in [1.807, 2.05) is 12.3 Å². The fourth-order valence-corrected chi connectivity index (χ4v) is 3.64. The second-order valence-electron chi connectivity index (χ2n) is 5.83. The molecule has 0 amide bonds. The summed E-state index contributed by atoms with van der Waals surface area (Å²) in [6, 6.07) is 0. The number of hydrogen-bond acceptors (Lipinski definition) is 5. The van der Waals surface area contributed by atoms with Crippen molar-refractivity contribution in [1.29, 1.82) is 0 Å². The molecule has 2 aromatic rings. The number of thiazole rings is 2. The van der Waals surface area contributed by atoms with Gasteiger partial charge < -0.3 is 10.6 Å². The molecule has 10 heteroatoms. The maximum atomic E-state index is 12.6. The molecule has 2 rings (SSSR count). The molecule has 0 saturated heterocycles. The summed E-state index contributed by atoms with van der Waals surface area (Å²) in [5.41, 5.74) is 0.0770. The quantitative estimate of drug-likeness (QED) is 0.539. The third-order valence-electron chi connectivity index (χ3n) is 3.28. The van der Waals surface area contributed by atoms with Gasteiger partial charge in [0.05, 0.1) is 22.3 Å². The fourth-order valence-electron chi connectivity index (χ4n) is 2.01. The molecular formula is C16H22F3N5S2. The smallest absolute Gasteiger partial charge is 0.357 e. The highest BCUT2D eigenvalue weighted by molar-refractivity contribution is 7.10. The Kier molecular flexibility index (Phi) is 7.39. The van der Waals surface area contributed by atoms with Crippen molar-refractivity contribution in [3.05, 3.63) is 32.2 Å². The Morgan fingerprint density at radius 2 is 1.96 bits per heavy atom. The van der Waals surface area contributed by atoms with Gasteiger partial charge in [-0.1, -0.05) is 13.8 Å². The summed E-state index contributed by atoms with van der Waals surface area (Å²) in [5.74, 6) is 1.00. The van der Waals surface area contributed by atoms with Gasteiger partial charge in [-0.15, -0.1) is 22.7 Å². The van der Waals surface area contributed by atoms with E-state index in [4.69, 9.17) is 0 Å². The second kappa shape index (κ2) is 9.31. The highest BCUT2D eigenvalue weighted by atomic mass is 32.1. The van der Waals surface area contributed by atoms with Gasteiger partial charge in [-0.05, 0) is 6.92 Å². The van der Waals surface area contributed by atoms with Gasteiger partial charge in [0.1, 0.15) is 0 Å². The normalized spacial score (nSPS) is 12.7. The number of halogens is 3. The number of hydrogen-bond donors (Lipinski definition) is 2. The Hall–Kier alpha value is -1.68. The molecule has 2 aromatic heterocycles. The summed E-state index contributed by atoms with van der Waals surface area (Å²) in [4.78, 5) is 12.6. The number of aliphatic imine (C=N–C) groups is 1. The maximum absolute atomic E-state index is 12.6. The van der Waals surface area contributed by atoms with Crippen LogP contribution >= 0.6 is 22.7 Å². The van der Waals surface area contributed by atoms with Gasteiger partial charge in [-0.25, -0.2) is 15.0 Å². The van der Waals surface area contributed by atoms with Gasteiger partial charge in [-0.3, -0.25) is 0 Å². The zero-order valence-electron chi connectivity index (χ0n) is 14.9. The monoisotopic (exact) mass is 405 g/mol. The predicted octanol–water partition coefficient (Wildman–Crippen LogP) is 4.04. The van der Waals surface area contributed by atoms with Crippen molar-refractivity contribution >= 4 is 28.6 Å². The summed E-state index contributed by atoms with van der Waals surface area (Å²) in [6.07, 6.45) is -3.99. The molecule has 0 atom stereocenters. The first-order valence-corrected chi connectivity index (χ1v) is 10.0. The van der Waals surface area contributed by atoms with Gasteiger partial charge >= 0.3 is 6.18 Å². The lowest BCUT2D eigenvalue weighted by molar-refractivity contribution is -0.140. The molecule has 26 heavy (non-hydrogen) atoms. The van der Waals surface area contributed by atoms with Crippen molar-refractivity contribution in [2.45, 2.75) is 45.8 Å². The average molecular weight is 406 g/mol. The van der Waals surface area contributed by atoms with Crippen LogP contribution in [0.2, 0.25) is 0 Å². The molecule has 2 N–H and O–H groups in total. The minimum absolute atomic E-state index is 0.393. The minimum atomic E-state index is -4.39. The van der Waals surface area contributed by atoms with E-state index in [1.54, 1.807) is 11.3 Å². The number of nitrogens with zero attached hydrogens (tertiary/aromatic N) is 3. The summed E-state index contributed by atoms with van der Waals surface area (Å²) in [5, 5.41) is 10.8. The predicted molar refractivity (Wildman–Crippen MR) is 99.8 cm³/mol. The molecule has 0 fully saturated rings. The highest BCUT2D eigenvalue weighted by Crippen LogP contribution is 2.30. The van der Waals surface area contributed by atoms with Crippen LogP contribution in [-0.2, 0) is 19.1 Å². The van der Waals surface area contributed by atoms with Gasteiger partial charge in [0, 0.05) is 36.2 Å². The van der Waals surface area contributed by atoms with Crippen LogP contribution in [0.4, 0.5) is 13.2 Å². The number of aromatic nitrogens is 2. The molecule has 0 aliphatic carbocycles. The van der Waals surface area contributed by atoms with Crippen molar-refractivity contribution in [3.8, 4) is 0 Å². The molecule has 0 aliphatic rings. The zero-order valence-corrected chi connectivity index (χ0v) is 16.5. The molecule has 0 unspecified atom stereocenters. The number of guanidine groups is 1. The Balaban J connectivity index is 1.87. The van der Waals surface area contributed by atoms with E-state index in [1.165, 1.54) is 0 Å². The van der Waals surface area contributed by atoms with Gasteiger partial charge in [0.2, 0.25) is 0 Å². The number of nitrogens with one attached hydrogen (secondary N) is 2. The van der Waals surface area contributed by atoms with E-state index in [0.29, 0.717) is 42.9 Å². The molecule has 0 radical (unpaired) electrons. The summed E-state index contributed by atoms with van der Waals surface area (Å²) in [6.45, 7) is 7.74. The van der Waals surface area contributed by atoms with Crippen molar-refractivity contribution in [2.24, 2.45) is 4.99 Å². The van der Waals surface area contributed by atoms with Crippen LogP contribution in [0.15, 0.2) is 15.8 Å². The van der Waals surface area contributed by atoms with Crippen molar-refractivity contribution in [3.63, 3.8) is 0 Å². The van der Waals surface area contributed by atoms with Crippen LogP contribution in [0.5, 0.6) is 0 Å². The summed E-state index contributed by atoms with van der Waals surface area (Å²) < 4.78 is 37.7. The first-order chi connectivity index (χ1) is 12.3. The average Bonchev–Trinajstić information content (AvgIpc) is 3.21. The molecule has 0 bridgehead atoms. The molecule has 0 aliphatic heterocycles. The third kappa shape index (κ3) is 6.24. The Labute approximate surface area is 158 Å². The lowest BCUT2D eigenvalue weighted by Gasteiger charge is -2.10. The fraction of sp³-hybridized carbons (Fsp3) is 0.562. The topological polar surface area (TPSA) is 62.2 Å². The molecular weight excluding hydrogens is 383 g/mol. The van der Waals surface area contributed by atoms with Crippen LogP contribution < -0.4 is 10.6 Å². The lowest BCUT2D eigenvalue weighted by Crippen LogP contribution is -2.38. The largest absolute Gasteiger partial charge is 0.434 e. The van der Waals surface area contributed by atoms with Crippen LogP contribution in [0.3, 0.4) is 0 Å². The molecule has 0 aromatic carbocycles. The molecule has 0 spiro atoms. The van der Waals surface area contributed by atoms with Crippen molar-refractivity contribution in [1.82, 2.24) is 20.6 Å². The van der Waals surface area contributed by atoms with E-state index in [0.717, 1.165) is 27.4 Å². The van der Waals surface area contributed by atoms with E-state index < -0.39 is 11.9 Å². The number of rotatable bonds is 7. The highest BCUT2D eigenvalue weighted by Gasteiger charge is 2.33. The van der Waals surface area contributed by atoms with E-state index in [9.17, 15) is 13.2 Å². The zero-order chi connectivity index (χ0) is 19.2. The SMILES string of the molecule is CCNC(=NCc1csc(C(C)C)n1)NCCc1nc(C(F)(F)F)cs1. The van der Waals surface area contributed by atoms with Crippen LogP contribution in [0, 0.1) is 0 Å². The molecule has 0 saturated carbocycles. The van der Waals surface area contributed by atoms with E-state index >= 15 is 0 Å². The second-order valence-corrected chi connectivity index (χ2v) is 7.66. The van der Waals surface area contributed by atoms with Crippen LogP contribution in [0.1, 0.15) is 48.1 Å². The third-order valence-corrected chi connectivity index (χ3v) is 5.38. The Morgan fingerprint density at radius 1 is 1.19 bits per heavy atom. The van der Waals surface area contributed by atoms with Crippen LogP contribution in [-0.4, -0.2) is 29.0 Å². The molecule has 144 valence electrons. The standard InChI is InChI=1S/C16H22F3N5S2/c1-4-20-15(22-7-11-8-26-14(23-11)10(2)3)21-6-5-13-24-12(9-25-13)16(17,18)19/h8-10H,4-7H2,1-3H3,(H2,20,21,22). The van der Waals surface area contributed by atoms with Gasteiger partial charge in [0.15, 0.2) is 11.7 Å². The summed E-state index contributed by atoms with van der Waals surface area (Å²) in [7, 11) is 0. The Bertz CT molecular complexity index is 722. The van der Waals surface area contributed by atoms with Gasteiger partial charge in [-0.2, -0.15) is 13.2 Å². The molecule has 5 nitrogen and oxygen atoms in total. The van der Waals surface area contributed by atoms with E-state index in [2.05, 4.69) is 39.4 Å². The maximum Gasteiger partial charge on any atom is 0.434 e.